The number of nitrogens with one attached hydrogen (secondary N) is 1. The molecular formula is C26H38N4O4. The summed E-state index contributed by atoms with van der Waals surface area (Å²) in [7, 11) is 4.28. The van der Waals surface area contributed by atoms with Crippen molar-refractivity contribution in [1.29, 1.82) is 0 Å². The van der Waals surface area contributed by atoms with E-state index >= 15 is 0 Å². The first-order chi connectivity index (χ1) is 16.3. The van der Waals surface area contributed by atoms with Gasteiger partial charge < -0.3 is 25.0 Å². The maximum atomic E-state index is 13.6. The molecule has 4 fully saturated rings. The van der Waals surface area contributed by atoms with Gasteiger partial charge in [0.05, 0.1) is 36.9 Å². The van der Waals surface area contributed by atoms with Crippen molar-refractivity contribution in [2.45, 2.75) is 67.7 Å². The van der Waals surface area contributed by atoms with E-state index in [0.29, 0.717) is 26.3 Å². The number of hydrogen-bond acceptors (Lipinski definition) is 5. The highest BCUT2D eigenvalue weighted by atomic mass is 16.5. The first-order valence-corrected chi connectivity index (χ1v) is 12.6. The van der Waals surface area contributed by atoms with E-state index in [1.54, 1.807) is 4.90 Å². The molecule has 1 spiro atoms. The molecule has 2 heterocycles. The monoisotopic (exact) mass is 470 g/mol. The third-order valence-corrected chi connectivity index (χ3v) is 8.81. The van der Waals surface area contributed by atoms with Crippen LogP contribution in [0.5, 0.6) is 0 Å². The van der Waals surface area contributed by atoms with Gasteiger partial charge in [-0.1, -0.05) is 30.3 Å². The minimum atomic E-state index is -0.792. The molecule has 2 aliphatic carbocycles. The third-order valence-electron chi connectivity index (χ3n) is 8.81. The van der Waals surface area contributed by atoms with Crippen molar-refractivity contribution in [3.05, 3.63) is 35.9 Å². The summed E-state index contributed by atoms with van der Waals surface area (Å²) in [5, 5.41) is 13.9. The molecule has 2 N–H and O–H groups in total. The third kappa shape index (κ3) is 4.10. The van der Waals surface area contributed by atoms with Gasteiger partial charge in [-0.15, -0.1) is 0 Å². The van der Waals surface area contributed by atoms with Crippen molar-refractivity contribution >= 4 is 11.9 Å². The summed E-state index contributed by atoms with van der Waals surface area (Å²) in [5.74, 6) is -0.135. The molecule has 2 aliphatic heterocycles. The Kier molecular flexibility index (Phi) is 6.11. The molecule has 0 aromatic heterocycles. The molecule has 1 aromatic carbocycles. The predicted molar refractivity (Wildman–Crippen MR) is 128 cm³/mol. The van der Waals surface area contributed by atoms with Crippen LogP contribution in [-0.2, 0) is 15.1 Å². The SMILES string of the molecule is CN(C)C1(c2ccccc2)CCC2(CC1)CN(CC(=O)NC1COC1)C(=O)N2CC1(O)CCC1. The average molecular weight is 471 g/mol. The molecule has 0 atom stereocenters. The Labute approximate surface area is 202 Å². The highest BCUT2D eigenvalue weighted by Gasteiger charge is 2.56. The number of amides is 3. The quantitative estimate of drug-likeness (QED) is 0.636. The molecule has 34 heavy (non-hydrogen) atoms. The number of carbonyl (C=O) groups is 2. The Morgan fingerprint density at radius 3 is 2.32 bits per heavy atom. The largest absolute Gasteiger partial charge is 0.388 e. The van der Waals surface area contributed by atoms with Crippen LogP contribution in [0.25, 0.3) is 0 Å². The molecule has 3 amide bonds. The van der Waals surface area contributed by atoms with Crippen molar-refractivity contribution in [3.8, 4) is 0 Å². The fourth-order valence-electron chi connectivity index (χ4n) is 6.34. The molecule has 0 bridgehead atoms. The predicted octanol–water partition coefficient (Wildman–Crippen LogP) is 1.92. The highest BCUT2D eigenvalue weighted by Crippen LogP contribution is 2.50. The van der Waals surface area contributed by atoms with Crippen molar-refractivity contribution in [2.75, 3.05) is 46.9 Å². The van der Waals surface area contributed by atoms with Crippen LogP contribution in [0.1, 0.15) is 50.5 Å². The maximum Gasteiger partial charge on any atom is 0.321 e. The van der Waals surface area contributed by atoms with Crippen LogP contribution >= 0.6 is 0 Å². The number of hydrogen-bond donors (Lipinski definition) is 2. The van der Waals surface area contributed by atoms with Gasteiger partial charge in [0.2, 0.25) is 5.91 Å². The van der Waals surface area contributed by atoms with Crippen molar-refractivity contribution in [1.82, 2.24) is 20.0 Å². The van der Waals surface area contributed by atoms with Crippen LogP contribution in [-0.4, -0.2) is 95.9 Å². The smallest absolute Gasteiger partial charge is 0.321 e. The van der Waals surface area contributed by atoms with Gasteiger partial charge >= 0.3 is 6.03 Å². The summed E-state index contributed by atoms with van der Waals surface area (Å²) >= 11 is 0. The lowest BCUT2D eigenvalue weighted by Crippen LogP contribution is -2.59. The van der Waals surface area contributed by atoms with Crippen molar-refractivity contribution < 1.29 is 19.4 Å². The Morgan fingerprint density at radius 2 is 1.79 bits per heavy atom. The minimum Gasteiger partial charge on any atom is -0.388 e. The van der Waals surface area contributed by atoms with Crippen LogP contribution in [0, 0.1) is 0 Å². The molecule has 0 radical (unpaired) electrons. The van der Waals surface area contributed by atoms with Crippen molar-refractivity contribution in [3.63, 3.8) is 0 Å². The van der Waals surface area contributed by atoms with E-state index in [1.165, 1.54) is 5.56 Å². The number of ether oxygens (including phenoxy) is 1. The number of aliphatic hydroxyl groups is 1. The number of β-amino-alcohol motifs (C(OH)–C–C–N with tert-alkyl or cyclic N) is 1. The van der Waals surface area contributed by atoms with E-state index in [4.69, 9.17) is 4.74 Å². The van der Waals surface area contributed by atoms with Gasteiger partial charge in [-0.2, -0.15) is 0 Å². The van der Waals surface area contributed by atoms with E-state index < -0.39 is 5.60 Å². The van der Waals surface area contributed by atoms with E-state index in [2.05, 4.69) is 48.6 Å². The minimum absolute atomic E-state index is 0.0483. The zero-order valence-electron chi connectivity index (χ0n) is 20.5. The normalized spacial score (nSPS) is 31.0. The van der Waals surface area contributed by atoms with Crippen LogP contribution in [0.2, 0.25) is 0 Å². The van der Waals surface area contributed by atoms with Gasteiger partial charge in [-0.05, 0) is 64.6 Å². The Balaban J connectivity index is 1.36. The standard InChI is InChI=1S/C26H38N4O4/c1-28(2)26(20-7-4-3-5-8-20)13-11-24(12-14-26)18-29(15-22(31)27-21-16-34-17-21)23(32)30(24)19-25(33)9-6-10-25/h3-5,7-8,21,33H,6,9-19H2,1-2H3,(H,27,31). The molecule has 8 heteroatoms. The lowest BCUT2D eigenvalue weighted by Gasteiger charge is -2.52. The Bertz CT molecular complexity index is 905. The summed E-state index contributed by atoms with van der Waals surface area (Å²) < 4.78 is 5.15. The summed E-state index contributed by atoms with van der Waals surface area (Å²) in [5.41, 5.74) is 0.0853. The zero-order chi connectivity index (χ0) is 24.0. The number of nitrogens with zero attached hydrogens (tertiary/aromatic N) is 3. The molecule has 8 nitrogen and oxygen atoms in total. The second-order valence-corrected chi connectivity index (χ2v) is 11.1. The van der Waals surface area contributed by atoms with Gasteiger partial charge in [-0.3, -0.25) is 9.69 Å². The Morgan fingerprint density at radius 1 is 1.12 bits per heavy atom. The summed E-state index contributed by atoms with van der Waals surface area (Å²) in [4.78, 5) is 32.2. The van der Waals surface area contributed by atoms with E-state index in [1.807, 2.05) is 11.0 Å². The molecule has 2 saturated carbocycles. The van der Waals surface area contributed by atoms with Crippen LogP contribution in [0.3, 0.4) is 0 Å². The first-order valence-electron chi connectivity index (χ1n) is 12.6. The fourth-order valence-corrected chi connectivity index (χ4v) is 6.34. The van der Waals surface area contributed by atoms with Gasteiger partial charge in [0.1, 0.15) is 6.54 Å². The zero-order valence-corrected chi connectivity index (χ0v) is 20.5. The lowest BCUT2D eigenvalue weighted by molar-refractivity contribution is -0.125. The first kappa shape index (κ1) is 23.6. The lowest BCUT2D eigenvalue weighted by atomic mass is 9.67. The summed E-state index contributed by atoms with van der Waals surface area (Å²) in [6.45, 7) is 2.03. The molecular weight excluding hydrogens is 432 g/mol. The summed E-state index contributed by atoms with van der Waals surface area (Å²) in [6, 6.07) is 10.6. The molecule has 4 aliphatic rings. The van der Waals surface area contributed by atoms with E-state index in [-0.39, 0.29) is 35.6 Å². The average Bonchev–Trinajstić information content (AvgIpc) is 3.01. The second kappa shape index (κ2) is 8.81. The highest BCUT2D eigenvalue weighted by molar-refractivity contribution is 5.86. The van der Waals surface area contributed by atoms with Crippen LogP contribution in [0.15, 0.2) is 30.3 Å². The van der Waals surface area contributed by atoms with Gasteiger partial charge in [0.15, 0.2) is 0 Å². The van der Waals surface area contributed by atoms with Gasteiger partial charge in [0.25, 0.3) is 0 Å². The van der Waals surface area contributed by atoms with Gasteiger partial charge in [0, 0.05) is 12.1 Å². The number of carbonyl (C=O) groups excluding carboxylic acids is 2. The van der Waals surface area contributed by atoms with Gasteiger partial charge in [-0.25, -0.2) is 4.79 Å². The maximum absolute atomic E-state index is 13.6. The molecule has 2 saturated heterocycles. The Hall–Kier alpha value is -2.16. The number of benzene rings is 1. The van der Waals surface area contributed by atoms with E-state index in [9.17, 15) is 14.7 Å². The topological polar surface area (TPSA) is 85.4 Å². The molecule has 5 rings (SSSR count). The number of urea groups is 1. The number of rotatable bonds is 7. The molecule has 186 valence electrons. The van der Waals surface area contributed by atoms with E-state index in [0.717, 1.165) is 44.9 Å². The summed E-state index contributed by atoms with van der Waals surface area (Å²) in [6.07, 6.45) is 6.00. The molecule has 1 aromatic rings. The van der Waals surface area contributed by atoms with Crippen LogP contribution in [0.4, 0.5) is 4.79 Å². The molecule has 0 unspecified atom stereocenters. The van der Waals surface area contributed by atoms with Crippen LogP contribution < -0.4 is 5.32 Å². The van der Waals surface area contributed by atoms with Crippen molar-refractivity contribution in [2.24, 2.45) is 0 Å². The second-order valence-electron chi connectivity index (χ2n) is 11.1. The fraction of sp³-hybridized carbons (Fsp3) is 0.692.